The minimum atomic E-state index is 1.12. The highest BCUT2D eigenvalue weighted by atomic mass is 15.1. The molecule has 0 heterocycles. The van der Waals surface area contributed by atoms with E-state index in [0.29, 0.717) is 0 Å². The Kier molecular flexibility index (Phi) is 8.55. The van der Waals surface area contributed by atoms with Crippen molar-refractivity contribution in [2.45, 2.75) is 0 Å². The zero-order valence-corrected chi connectivity index (χ0v) is 31.6. The molecule has 0 saturated heterocycles. The summed E-state index contributed by atoms with van der Waals surface area (Å²) in [4.78, 5) is 2.38. The predicted molar refractivity (Wildman–Crippen MR) is 250 cm³/mol. The van der Waals surface area contributed by atoms with E-state index in [1.165, 1.54) is 93.7 Å². The SMILES string of the molecule is Bc1c(B)c(B)c(-c2ccc(N(c3ccc(-c4ccccc4)cc3)c3ccc(-c4ccc5c6c(ccc(-c7ccccc7)c46)C=C5)cc3)cc2)c(B)c1B. The lowest BCUT2D eigenvalue weighted by atomic mass is 9.60. The molecular formula is C48H38B5N. The van der Waals surface area contributed by atoms with Crippen LogP contribution in [0.5, 0.6) is 0 Å². The van der Waals surface area contributed by atoms with Gasteiger partial charge in [-0.05, 0) is 103 Å². The topological polar surface area (TPSA) is 3.24 Å². The summed E-state index contributed by atoms with van der Waals surface area (Å²) in [5, 5.41) is 2.65. The van der Waals surface area contributed by atoms with Crippen LogP contribution in [0, 0.1) is 0 Å². The monoisotopic (exact) mass is 683 g/mol. The molecule has 0 spiro atoms. The highest BCUT2D eigenvalue weighted by molar-refractivity contribution is 6.68. The average molecular weight is 683 g/mol. The Labute approximate surface area is 323 Å². The Morgan fingerprint density at radius 1 is 0.296 bits per heavy atom. The van der Waals surface area contributed by atoms with Gasteiger partial charge in [-0.25, -0.2) is 0 Å². The van der Waals surface area contributed by atoms with Crippen molar-refractivity contribution in [2.75, 3.05) is 4.90 Å². The molecule has 0 N–H and O–H groups in total. The second-order valence-electron chi connectivity index (χ2n) is 14.7. The Morgan fingerprint density at radius 2 is 0.667 bits per heavy atom. The van der Waals surface area contributed by atoms with E-state index in [1.807, 2.05) is 0 Å². The molecule has 1 aliphatic carbocycles. The number of hydrogen-bond acceptors (Lipinski definition) is 1. The molecule has 0 aliphatic heterocycles. The molecule has 1 aliphatic rings. The summed E-state index contributed by atoms with van der Waals surface area (Å²) in [6.07, 6.45) is 4.49. The standard InChI is InChI=1S/C48H38B5N/c49-44-42(45(50)47(52)48(53)46(44)51)35-17-25-38(26-18-35)54(36-21-13-30(14-22-36)29-7-3-1-4-8-29)37-23-15-32(16-24-37)40-28-20-34-12-11-33-19-27-39(43(40)41(33)34)31-9-5-2-6-10-31/h1-28H,49-53H2. The molecule has 0 aromatic heterocycles. The highest BCUT2D eigenvalue weighted by Gasteiger charge is 2.19. The molecule has 6 heteroatoms. The lowest BCUT2D eigenvalue weighted by Crippen LogP contribution is -2.55. The first kappa shape index (κ1) is 33.7. The first-order valence-electron chi connectivity index (χ1n) is 18.9. The van der Waals surface area contributed by atoms with Crippen LogP contribution in [0.15, 0.2) is 158 Å². The Balaban J connectivity index is 1.15. The molecule has 0 radical (unpaired) electrons. The third-order valence-corrected chi connectivity index (χ3v) is 11.8. The van der Waals surface area contributed by atoms with Crippen molar-refractivity contribution in [1.29, 1.82) is 0 Å². The summed E-state index contributed by atoms with van der Waals surface area (Å²) >= 11 is 0. The zero-order valence-electron chi connectivity index (χ0n) is 31.6. The van der Waals surface area contributed by atoms with Crippen LogP contribution in [0.3, 0.4) is 0 Å². The van der Waals surface area contributed by atoms with E-state index >= 15 is 0 Å². The molecule has 0 bridgehead atoms. The van der Waals surface area contributed by atoms with Gasteiger partial charge in [0.2, 0.25) is 0 Å². The second-order valence-corrected chi connectivity index (χ2v) is 14.7. The van der Waals surface area contributed by atoms with Crippen LogP contribution in [0.2, 0.25) is 0 Å². The van der Waals surface area contributed by atoms with Gasteiger partial charge in [0, 0.05) is 17.1 Å². The van der Waals surface area contributed by atoms with Crippen molar-refractivity contribution < 1.29 is 0 Å². The van der Waals surface area contributed by atoms with Crippen LogP contribution < -0.4 is 32.2 Å². The van der Waals surface area contributed by atoms with E-state index in [9.17, 15) is 0 Å². The molecule has 8 aromatic carbocycles. The lowest BCUT2D eigenvalue weighted by molar-refractivity contribution is 1.28. The number of rotatable bonds is 7. The maximum Gasteiger partial charge on any atom is 0.139 e. The van der Waals surface area contributed by atoms with Crippen molar-refractivity contribution >= 4 is 107 Å². The summed E-state index contributed by atoms with van der Waals surface area (Å²) in [7, 11) is 11.3. The van der Waals surface area contributed by atoms with Gasteiger partial charge in [0.05, 0.1) is 0 Å². The molecule has 8 aromatic rings. The van der Waals surface area contributed by atoms with Crippen LogP contribution in [0.1, 0.15) is 11.1 Å². The highest BCUT2D eigenvalue weighted by Crippen LogP contribution is 2.44. The van der Waals surface area contributed by atoms with Crippen LogP contribution in [-0.4, -0.2) is 39.2 Å². The first-order valence-corrected chi connectivity index (χ1v) is 18.9. The van der Waals surface area contributed by atoms with Crippen molar-refractivity contribution in [3.8, 4) is 44.5 Å². The van der Waals surface area contributed by atoms with E-state index in [-0.39, 0.29) is 0 Å². The van der Waals surface area contributed by atoms with E-state index in [2.05, 4.69) is 214 Å². The molecule has 0 atom stereocenters. The van der Waals surface area contributed by atoms with Gasteiger partial charge >= 0.3 is 0 Å². The number of anilines is 3. The van der Waals surface area contributed by atoms with Crippen LogP contribution in [0.4, 0.5) is 17.1 Å². The summed E-state index contributed by atoms with van der Waals surface area (Å²) in [6, 6.07) is 57.8. The van der Waals surface area contributed by atoms with E-state index in [0.717, 1.165) is 17.1 Å². The summed E-state index contributed by atoms with van der Waals surface area (Å²) < 4.78 is 0. The van der Waals surface area contributed by atoms with Crippen molar-refractivity contribution in [3.05, 3.63) is 169 Å². The Hall–Kier alpha value is -6.12. The largest absolute Gasteiger partial charge is 0.311 e. The smallest absolute Gasteiger partial charge is 0.139 e. The summed E-state index contributed by atoms with van der Waals surface area (Å²) in [5.41, 5.74) is 22.8. The lowest BCUT2D eigenvalue weighted by Gasteiger charge is -2.27. The van der Waals surface area contributed by atoms with Gasteiger partial charge in [0.15, 0.2) is 0 Å². The van der Waals surface area contributed by atoms with Crippen molar-refractivity contribution in [1.82, 2.24) is 0 Å². The predicted octanol–water partition coefficient (Wildman–Crippen LogP) is 4.75. The van der Waals surface area contributed by atoms with Crippen LogP contribution in [-0.2, 0) is 0 Å². The molecule has 0 fully saturated rings. The number of benzene rings is 8. The maximum atomic E-state index is 2.38. The Bertz CT molecular complexity index is 2680. The van der Waals surface area contributed by atoms with E-state index in [4.69, 9.17) is 0 Å². The summed E-state index contributed by atoms with van der Waals surface area (Å²) in [5.74, 6) is 0. The third-order valence-electron chi connectivity index (χ3n) is 11.8. The van der Waals surface area contributed by atoms with Gasteiger partial charge in [-0.3, -0.25) is 0 Å². The van der Waals surface area contributed by atoms with E-state index in [1.54, 1.807) is 0 Å². The zero-order chi connectivity index (χ0) is 36.9. The Morgan fingerprint density at radius 3 is 1.15 bits per heavy atom. The second kappa shape index (κ2) is 13.7. The molecule has 0 unspecified atom stereocenters. The van der Waals surface area contributed by atoms with Crippen LogP contribution in [0.25, 0.3) is 67.4 Å². The van der Waals surface area contributed by atoms with Gasteiger partial charge in [0.1, 0.15) is 39.2 Å². The van der Waals surface area contributed by atoms with Crippen LogP contribution >= 0.6 is 0 Å². The quantitative estimate of drug-likeness (QED) is 0.220. The minimum absolute atomic E-state index is 1.12. The van der Waals surface area contributed by atoms with Gasteiger partial charge < -0.3 is 4.90 Å². The van der Waals surface area contributed by atoms with Gasteiger partial charge in [-0.1, -0.05) is 144 Å². The molecule has 0 amide bonds. The minimum Gasteiger partial charge on any atom is -0.311 e. The molecule has 54 heavy (non-hydrogen) atoms. The first-order chi connectivity index (χ1) is 26.4. The van der Waals surface area contributed by atoms with Gasteiger partial charge in [-0.15, -0.1) is 16.4 Å². The fraction of sp³-hybridized carbons (Fsp3) is 0. The van der Waals surface area contributed by atoms with E-state index < -0.39 is 0 Å². The number of hydrogen-bond donors (Lipinski definition) is 0. The number of nitrogens with zero attached hydrogens (tertiary/aromatic N) is 1. The molecule has 1 nitrogen and oxygen atoms in total. The normalized spacial score (nSPS) is 11.6. The summed E-state index contributed by atoms with van der Waals surface area (Å²) in [6.45, 7) is 0. The van der Waals surface area contributed by atoms with Crippen molar-refractivity contribution in [2.24, 2.45) is 0 Å². The molecular weight excluding hydrogens is 645 g/mol. The maximum absolute atomic E-state index is 2.38. The average Bonchev–Trinajstić information content (AvgIpc) is 3.66. The van der Waals surface area contributed by atoms with Gasteiger partial charge in [0.25, 0.3) is 0 Å². The van der Waals surface area contributed by atoms with Crippen molar-refractivity contribution in [3.63, 3.8) is 0 Å². The molecule has 250 valence electrons. The molecule has 9 rings (SSSR count). The molecule has 0 saturated carbocycles. The third kappa shape index (κ3) is 5.74. The fourth-order valence-corrected chi connectivity index (χ4v) is 8.49. The fourth-order valence-electron chi connectivity index (χ4n) is 8.49. The van der Waals surface area contributed by atoms with Gasteiger partial charge in [-0.2, -0.15) is 0 Å².